The molecule has 1 fully saturated rings. The monoisotopic (exact) mass is 416 g/mol. The number of carbonyl (C=O) groups is 3. The summed E-state index contributed by atoms with van der Waals surface area (Å²) in [5.41, 5.74) is 1.40. The number of nitrogens with zero attached hydrogens (tertiary/aromatic N) is 1. The number of benzene rings is 2. The van der Waals surface area contributed by atoms with E-state index in [1.807, 2.05) is 24.3 Å². The van der Waals surface area contributed by atoms with E-state index >= 15 is 0 Å². The number of methoxy groups -OCH3 is 1. The van der Waals surface area contributed by atoms with Gasteiger partial charge in [0.05, 0.1) is 24.3 Å². The van der Waals surface area contributed by atoms with Crippen molar-refractivity contribution in [3.05, 3.63) is 58.6 Å². The van der Waals surface area contributed by atoms with Crippen LogP contribution in [0, 0.1) is 5.92 Å². The van der Waals surface area contributed by atoms with Crippen LogP contribution in [0.25, 0.3) is 0 Å². The quantitative estimate of drug-likeness (QED) is 0.776. The molecule has 1 unspecified atom stereocenters. The van der Waals surface area contributed by atoms with Gasteiger partial charge in [-0.1, -0.05) is 28.1 Å². The number of carbonyl (C=O) groups excluding carboxylic acids is 3. The molecule has 0 saturated carbocycles. The Bertz CT molecular complexity index is 851. The number of hydrogen-bond donors (Lipinski definition) is 1. The van der Waals surface area contributed by atoms with Gasteiger partial charge < -0.3 is 15.0 Å². The zero-order valence-electron chi connectivity index (χ0n) is 14.1. The Morgan fingerprint density at radius 3 is 2.54 bits per heavy atom. The minimum Gasteiger partial charge on any atom is -0.465 e. The smallest absolute Gasteiger partial charge is 0.339 e. The molecule has 2 amide bonds. The third-order valence-electron chi connectivity index (χ3n) is 4.22. The van der Waals surface area contributed by atoms with Gasteiger partial charge in [-0.25, -0.2) is 4.79 Å². The second-order valence-corrected chi connectivity index (χ2v) is 6.82. The molecule has 1 N–H and O–H groups in total. The van der Waals surface area contributed by atoms with E-state index in [9.17, 15) is 14.4 Å². The Balaban J connectivity index is 1.73. The highest BCUT2D eigenvalue weighted by atomic mass is 79.9. The Morgan fingerprint density at radius 1 is 1.15 bits per heavy atom. The number of nitrogens with one attached hydrogen (secondary N) is 1. The first-order valence-electron chi connectivity index (χ1n) is 8.03. The van der Waals surface area contributed by atoms with Crippen molar-refractivity contribution in [2.45, 2.75) is 6.42 Å². The highest BCUT2D eigenvalue weighted by Crippen LogP contribution is 2.27. The highest BCUT2D eigenvalue weighted by Gasteiger charge is 2.35. The van der Waals surface area contributed by atoms with Crippen molar-refractivity contribution in [1.82, 2.24) is 0 Å². The number of esters is 1. The number of para-hydroxylation sites is 1. The number of amides is 2. The first kappa shape index (κ1) is 18.1. The molecule has 3 rings (SSSR count). The Hall–Kier alpha value is -2.67. The van der Waals surface area contributed by atoms with Crippen LogP contribution in [0.2, 0.25) is 0 Å². The summed E-state index contributed by atoms with van der Waals surface area (Å²) in [4.78, 5) is 38.3. The van der Waals surface area contributed by atoms with Crippen molar-refractivity contribution in [2.24, 2.45) is 5.92 Å². The number of ether oxygens (including phenoxy) is 1. The molecular weight excluding hydrogens is 400 g/mol. The summed E-state index contributed by atoms with van der Waals surface area (Å²) in [7, 11) is 1.28. The number of hydrogen-bond acceptors (Lipinski definition) is 4. The second kappa shape index (κ2) is 7.70. The van der Waals surface area contributed by atoms with Crippen molar-refractivity contribution in [2.75, 3.05) is 23.9 Å². The molecule has 0 bridgehead atoms. The van der Waals surface area contributed by atoms with Crippen molar-refractivity contribution >= 4 is 45.1 Å². The van der Waals surface area contributed by atoms with Crippen LogP contribution in [0.3, 0.4) is 0 Å². The van der Waals surface area contributed by atoms with E-state index in [0.29, 0.717) is 12.2 Å². The fourth-order valence-electron chi connectivity index (χ4n) is 2.87. The first-order chi connectivity index (χ1) is 12.5. The number of anilines is 2. The molecule has 1 atom stereocenters. The summed E-state index contributed by atoms with van der Waals surface area (Å²) >= 11 is 3.36. The topological polar surface area (TPSA) is 75.7 Å². The molecule has 0 aromatic heterocycles. The minimum absolute atomic E-state index is 0.103. The summed E-state index contributed by atoms with van der Waals surface area (Å²) in [5.74, 6) is -1.42. The lowest BCUT2D eigenvalue weighted by Gasteiger charge is -2.17. The molecule has 1 aliphatic heterocycles. The van der Waals surface area contributed by atoms with Gasteiger partial charge in [-0.05, 0) is 36.4 Å². The fraction of sp³-hybridized carbons (Fsp3) is 0.211. The average Bonchev–Trinajstić information content (AvgIpc) is 3.04. The molecule has 1 heterocycles. The minimum atomic E-state index is -0.528. The summed E-state index contributed by atoms with van der Waals surface area (Å²) in [6.07, 6.45) is 0.127. The largest absolute Gasteiger partial charge is 0.465 e. The molecule has 134 valence electrons. The predicted molar refractivity (Wildman–Crippen MR) is 101 cm³/mol. The number of halogens is 1. The van der Waals surface area contributed by atoms with Crippen molar-refractivity contribution in [3.8, 4) is 0 Å². The van der Waals surface area contributed by atoms with E-state index in [4.69, 9.17) is 4.74 Å². The second-order valence-electron chi connectivity index (χ2n) is 5.91. The summed E-state index contributed by atoms with van der Waals surface area (Å²) in [5, 5.41) is 2.74. The zero-order valence-corrected chi connectivity index (χ0v) is 15.7. The summed E-state index contributed by atoms with van der Waals surface area (Å²) < 4.78 is 5.65. The van der Waals surface area contributed by atoms with E-state index < -0.39 is 11.9 Å². The molecule has 1 saturated heterocycles. The van der Waals surface area contributed by atoms with Crippen LogP contribution in [0.15, 0.2) is 53.0 Å². The summed E-state index contributed by atoms with van der Waals surface area (Å²) in [6.45, 7) is 0.298. The summed E-state index contributed by atoms with van der Waals surface area (Å²) in [6, 6.07) is 14.0. The van der Waals surface area contributed by atoms with Gasteiger partial charge in [0.2, 0.25) is 11.8 Å². The molecule has 26 heavy (non-hydrogen) atoms. The van der Waals surface area contributed by atoms with Gasteiger partial charge in [-0.3, -0.25) is 9.59 Å². The maximum atomic E-state index is 12.6. The van der Waals surface area contributed by atoms with Crippen LogP contribution in [0.5, 0.6) is 0 Å². The van der Waals surface area contributed by atoms with Crippen molar-refractivity contribution in [3.63, 3.8) is 0 Å². The SMILES string of the molecule is COC(=O)c1ccccc1NC(=O)C1CC(=O)N(c2ccc(Br)cc2)C1. The standard InChI is InChI=1S/C19H17BrN2O4/c1-26-19(25)15-4-2-3-5-16(15)21-18(24)12-10-17(23)22(11-12)14-8-6-13(20)7-9-14/h2-9,12H,10-11H2,1H3,(H,21,24). The van der Waals surface area contributed by atoms with Gasteiger partial charge in [-0.2, -0.15) is 0 Å². The van der Waals surface area contributed by atoms with Crippen LogP contribution in [-0.2, 0) is 14.3 Å². The lowest BCUT2D eigenvalue weighted by molar-refractivity contribution is -0.122. The molecule has 2 aromatic rings. The van der Waals surface area contributed by atoms with Gasteiger partial charge in [0.1, 0.15) is 0 Å². The molecule has 7 heteroatoms. The van der Waals surface area contributed by atoms with E-state index in [-0.39, 0.29) is 23.8 Å². The highest BCUT2D eigenvalue weighted by molar-refractivity contribution is 9.10. The fourth-order valence-corrected chi connectivity index (χ4v) is 3.13. The van der Waals surface area contributed by atoms with Crippen LogP contribution in [-0.4, -0.2) is 31.4 Å². The first-order valence-corrected chi connectivity index (χ1v) is 8.83. The van der Waals surface area contributed by atoms with Crippen LogP contribution in [0.4, 0.5) is 11.4 Å². The lowest BCUT2D eigenvalue weighted by Crippen LogP contribution is -2.28. The van der Waals surface area contributed by atoms with Crippen molar-refractivity contribution < 1.29 is 19.1 Å². The Morgan fingerprint density at radius 2 is 1.85 bits per heavy atom. The van der Waals surface area contributed by atoms with E-state index in [0.717, 1.165) is 10.2 Å². The third-order valence-corrected chi connectivity index (χ3v) is 4.75. The maximum Gasteiger partial charge on any atom is 0.339 e. The van der Waals surface area contributed by atoms with E-state index in [2.05, 4.69) is 21.2 Å². The van der Waals surface area contributed by atoms with Crippen molar-refractivity contribution in [1.29, 1.82) is 0 Å². The molecule has 6 nitrogen and oxygen atoms in total. The van der Waals surface area contributed by atoms with E-state index in [1.165, 1.54) is 7.11 Å². The molecule has 0 aliphatic carbocycles. The molecule has 0 radical (unpaired) electrons. The van der Waals surface area contributed by atoms with Crippen LogP contribution in [0.1, 0.15) is 16.8 Å². The maximum absolute atomic E-state index is 12.6. The normalized spacial score (nSPS) is 16.5. The van der Waals surface area contributed by atoms with Gasteiger partial charge >= 0.3 is 5.97 Å². The van der Waals surface area contributed by atoms with E-state index in [1.54, 1.807) is 29.2 Å². The molecule has 1 aliphatic rings. The number of rotatable bonds is 4. The Kier molecular flexibility index (Phi) is 5.37. The van der Waals surface area contributed by atoms with Gasteiger partial charge in [0, 0.05) is 23.1 Å². The van der Waals surface area contributed by atoms with Crippen LogP contribution < -0.4 is 10.2 Å². The van der Waals surface area contributed by atoms with Crippen LogP contribution >= 0.6 is 15.9 Å². The predicted octanol–water partition coefficient (Wildman–Crippen LogP) is 3.23. The Labute approximate surface area is 159 Å². The molecular formula is C19H17BrN2O4. The van der Waals surface area contributed by atoms with Gasteiger partial charge in [0.15, 0.2) is 0 Å². The third kappa shape index (κ3) is 3.77. The van der Waals surface area contributed by atoms with Gasteiger partial charge in [-0.15, -0.1) is 0 Å². The van der Waals surface area contributed by atoms with Gasteiger partial charge in [0.25, 0.3) is 0 Å². The average molecular weight is 417 g/mol. The molecule has 2 aromatic carbocycles. The zero-order chi connectivity index (χ0) is 18.7. The molecule has 0 spiro atoms. The lowest BCUT2D eigenvalue weighted by atomic mass is 10.1.